The van der Waals surface area contributed by atoms with Crippen LogP contribution in [-0.4, -0.2) is 47.3 Å². The zero-order chi connectivity index (χ0) is 23.4. The van der Waals surface area contributed by atoms with Gasteiger partial charge in [0.2, 0.25) is 17.7 Å². The molecule has 1 aliphatic heterocycles. The van der Waals surface area contributed by atoms with Gasteiger partial charge in [0, 0.05) is 6.54 Å². The number of hydrogen-bond donors (Lipinski definition) is 3. The molecule has 4 rings (SSSR count). The highest BCUT2D eigenvalue weighted by atomic mass is 16.2. The fraction of sp³-hybridized carbons (Fsp3) is 0.423. The number of carbonyl (C=O) groups excluding carboxylic acids is 3. The number of benzene rings is 2. The molecule has 0 bridgehead atoms. The number of hydrogen-bond acceptors (Lipinski definition) is 4. The molecule has 3 atom stereocenters. The van der Waals surface area contributed by atoms with Crippen molar-refractivity contribution in [3.05, 3.63) is 71.8 Å². The first-order chi connectivity index (χ1) is 16.0. The van der Waals surface area contributed by atoms with Crippen LogP contribution in [0.3, 0.4) is 0 Å². The molecule has 7 heteroatoms. The van der Waals surface area contributed by atoms with E-state index in [-0.39, 0.29) is 29.7 Å². The highest BCUT2D eigenvalue weighted by Gasteiger charge is 2.44. The Hall–Kier alpha value is -3.19. The van der Waals surface area contributed by atoms with Gasteiger partial charge in [-0.3, -0.25) is 14.4 Å². The van der Waals surface area contributed by atoms with Gasteiger partial charge in [-0.1, -0.05) is 60.7 Å². The fourth-order valence-electron chi connectivity index (χ4n) is 4.47. The number of rotatable bonds is 8. The molecule has 7 nitrogen and oxygen atoms in total. The van der Waals surface area contributed by atoms with Crippen molar-refractivity contribution in [2.24, 2.45) is 11.7 Å². The van der Waals surface area contributed by atoms with E-state index in [0.29, 0.717) is 13.0 Å². The minimum Gasteiger partial charge on any atom is -0.343 e. The lowest BCUT2D eigenvalue weighted by molar-refractivity contribution is -0.142. The summed E-state index contributed by atoms with van der Waals surface area (Å²) in [6, 6.07) is 17.5. The van der Waals surface area contributed by atoms with Crippen molar-refractivity contribution in [3.63, 3.8) is 0 Å². The predicted octanol–water partition coefficient (Wildman–Crippen LogP) is 2.13. The van der Waals surface area contributed by atoms with Crippen LogP contribution in [0.1, 0.15) is 49.8 Å². The van der Waals surface area contributed by atoms with Crippen molar-refractivity contribution < 1.29 is 14.4 Å². The second-order valence-corrected chi connectivity index (χ2v) is 9.06. The molecule has 33 heavy (non-hydrogen) atoms. The Balaban J connectivity index is 1.51. The summed E-state index contributed by atoms with van der Waals surface area (Å²) in [5.74, 6) is -0.577. The van der Waals surface area contributed by atoms with Gasteiger partial charge in [0.1, 0.15) is 12.1 Å². The molecular formula is C26H32N4O3. The first-order valence-electron chi connectivity index (χ1n) is 11.7. The minimum atomic E-state index is -0.686. The monoisotopic (exact) mass is 448 g/mol. The quantitative estimate of drug-likeness (QED) is 0.575. The van der Waals surface area contributed by atoms with E-state index in [1.807, 2.05) is 60.7 Å². The number of nitrogens with two attached hydrogens (primary N) is 1. The molecule has 3 amide bonds. The molecule has 0 unspecified atom stereocenters. The molecule has 2 aromatic carbocycles. The number of nitrogens with zero attached hydrogens (tertiary/aromatic N) is 1. The third-order valence-corrected chi connectivity index (χ3v) is 6.46. The largest absolute Gasteiger partial charge is 0.343 e. The lowest BCUT2D eigenvalue weighted by Crippen LogP contribution is -2.56. The molecule has 1 aliphatic carbocycles. The number of carbonyl (C=O) groups is 3. The second kappa shape index (κ2) is 10.2. The SMILES string of the molecule is C[C@H](N)C(=O)N[C@H](C(=O)N1CCC[C@@H]1C(=O)NC(c1ccccc1)c1ccccc1)C1CC1. The Morgan fingerprint density at radius 1 is 0.909 bits per heavy atom. The van der Waals surface area contributed by atoms with Gasteiger partial charge in [0.25, 0.3) is 0 Å². The molecule has 1 saturated heterocycles. The van der Waals surface area contributed by atoms with Crippen LogP contribution < -0.4 is 16.4 Å². The maximum atomic E-state index is 13.4. The predicted molar refractivity (Wildman–Crippen MR) is 126 cm³/mol. The number of amides is 3. The van der Waals surface area contributed by atoms with Crippen LogP contribution in [0.15, 0.2) is 60.7 Å². The smallest absolute Gasteiger partial charge is 0.246 e. The highest BCUT2D eigenvalue weighted by molar-refractivity contribution is 5.94. The molecule has 0 spiro atoms. The Kier molecular flexibility index (Phi) is 7.08. The van der Waals surface area contributed by atoms with Crippen molar-refractivity contribution in [2.45, 2.75) is 56.8 Å². The Bertz CT molecular complexity index is 936. The molecule has 1 saturated carbocycles. The Morgan fingerprint density at radius 2 is 1.48 bits per heavy atom. The van der Waals surface area contributed by atoms with Crippen LogP contribution in [0, 0.1) is 5.92 Å². The van der Waals surface area contributed by atoms with Crippen LogP contribution >= 0.6 is 0 Å². The van der Waals surface area contributed by atoms with E-state index < -0.39 is 18.1 Å². The van der Waals surface area contributed by atoms with Gasteiger partial charge in [-0.15, -0.1) is 0 Å². The molecule has 0 radical (unpaired) electrons. The first-order valence-corrected chi connectivity index (χ1v) is 11.7. The van der Waals surface area contributed by atoms with Crippen molar-refractivity contribution in [1.29, 1.82) is 0 Å². The van der Waals surface area contributed by atoms with Gasteiger partial charge in [-0.25, -0.2) is 0 Å². The van der Waals surface area contributed by atoms with Crippen molar-refractivity contribution in [1.82, 2.24) is 15.5 Å². The molecule has 0 aromatic heterocycles. The van der Waals surface area contributed by atoms with E-state index in [1.54, 1.807) is 11.8 Å². The number of likely N-dealkylation sites (tertiary alicyclic amines) is 1. The normalized spacial score (nSPS) is 19.7. The standard InChI is InChI=1S/C26H32N4O3/c1-17(27)24(31)29-23(20-14-15-20)26(33)30-16-8-13-21(30)25(32)28-22(18-9-4-2-5-10-18)19-11-6-3-7-12-19/h2-7,9-12,17,20-23H,8,13-16,27H2,1H3,(H,28,32)(H,29,31)/t17-,21+,23-/m0/s1. The lowest BCUT2D eigenvalue weighted by atomic mass is 9.98. The summed E-state index contributed by atoms with van der Waals surface area (Å²) in [4.78, 5) is 40.7. The third-order valence-electron chi connectivity index (χ3n) is 6.46. The highest BCUT2D eigenvalue weighted by Crippen LogP contribution is 2.35. The van der Waals surface area contributed by atoms with Crippen molar-refractivity contribution in [2.75, 3.05) is 6.54 Å². The van der Waals surface area contributed by atoms with Gasteiger partial charge in [0.15, 0.2) is 0 Å². The van der Waals surface area contributed by atoms with Crippen LogP contribution in [-0.2, 0) is 14.4 Å². The van der Waals surface area contributed by atoms with E-state index in [2.05, 4.69) is 10.6 Å². The van der Waals surface area contributed by atoms with Gasteiger partial charge in [-0.2, -0.15) is 0 Å². The van der Waals surface area contributed by atoms with Gasteiger partial charge in [-0.05, 0) is 49.7 Å². The average molecular weight is 449 g/mol. The van der Waals surface area contributed by atoms with E-state index in [9.17, 15) is 14.4 Å². The summed E-state index contributed by atoms with van der Waals surface area (Å²) in [7, 11) is 0. The Labute approximate surface area is 194 Å². The van der Waals surface area contributed by atoms with Crippen LogP contribution in [0.4, 0.5) is 0 Å². The summed E-state index contributed by atoms with van der Waals surface area (Å²) in [6.07, 6.45) is 3.14. The van der Waals surface area contributed by atoms with E-state index in [0.717, 1.165) is 30.4 Å². The molecule has 2 aliphatic rings. The van der Waals surface area contributed by atoms with E-state index in [1.165, 1.54) is 0 Å². The molecule has 2 aromatic rings. The lowest BCUT2D eigenvalue weighted by Gasteiger charge is -2.30. The minimum absolute atomic E-state index is 0.117. The first kappa shape index (κ1) is 23.0. The molecular weight excluding hydrogens is 416 g/mol. The summed E-state index contributed by atoms with van der Waals surface area (Å²) in [5.41, 5.74) is 7.66. The van der Waals surface area contributed by atoms with Gasteiger partial charge < -0.3 is 21.3 Å². The zero-order valence-electron chi connectivity index (χ0n) is 18.9. The Morgan fingerprint density at radius 3 is 2.00 bits per heavy atom. The molecule has 1 heterocycles. The summed E-state index contributed by atoms with van der Waals surface area (Å²) in [6.45, 7) is 2.11. The topological polar surface area (TPSA) is 105 Å². The van der Waals surface area contributed by atoms with Crippen molar-refractivity contribution in [3.8, 4) is 0 Å². The summed E-state index contributed by atoms with van der Waals surface area (Å²) >= 11 is 0. The van der Waals surface area contributed by atoms with E-state index >= 15 is 0 Å². The maximum absolute atomic E-state index is 13.4. The average Bonchev–Trinajstić information content (AvgIpc) is 3.56. The van der Waals surface area contributed by atoms with Crippen LogP contribution in [0.5, 0.6) is 0 Å². The third kappa shape index (κ3) is 5.42. The fourth-order valence-corrected chi connectivity index (χ4v) is 4.47. The van der Waals surface area contributed by atoms with Gasteiger partial charge >= 0.3 is 0 Å². The van der Waals surface area contributed by atoms with Crippen LogP contribution in [0.25, 0.3) is 0 Å². The van der Waals surface area contributed by atoms with Gasteiger partial charge in [0.05, 0.1) is 12.1 Å². The summed E-state index contributed by atoms with van der Waals surface area (Å²) < 4.78 is 0. The van der Waals surface area contributed by atoms with E-state index in [4.69, 9.17) is 5.73 Å². The van der Waals surface area contributed by atoms with Crippen LogP contribution in [0.2, 0.25) is 0 Å². The zero-order valence-corrected chi connectivity index (χ0v) is 18.9. The second-order valence-electron chi connectivity index (χ2n) is 9.06. The molecule has 174 valence electrons. The molecule has 4 N–H and O–H groups in total. The summed E-state index contributed by atoms with van der Waals surface area (Å²) in [5, 5.41) is 6.00. The number of nitrogens with one attached hydrogen (secondary N) is 2. The maximum Gasteiger partial charge on any atom is 0.246 e. The molecule has 2 fully saturated rings. The van der Waals surface area contributed by atoms with Crippen molar-refractivity contribution >= 4 is 17.7 Å².